The molecule has 0 saturated heterocycles. The summed E-state index contributed by atoms with van der Waals surface area (Å²) in [5.41, 5.74) is 0. The number of hydrogen-bond acceptors (Lipinski definition) is 2. The van der Waals surface area contributed by atoms with E-state index in [-0.39, 0.29) is 6.04 Å². The highest BCUT2D eigenvalue weighted by Gasteiger charge is 2.42. The normalized spacial score (nSPS) is 32.1. The largest absolute Gasteiger partial charge is 0.405 e. The fourth-order valence-electron chi connectivity index (χ4n) is 3.84. The molecule has 0 heterocycles. The zero-order valence-corrected chi connectivity index (χ0v) is 12.0. The highest BCUT2D eigenvalue weighted by Crippen LogP contribution is 2.49. The average Bonchev–Trinajstić information content (AvgIpc) is 2.96. The molecule has 1 amide bonds. The van der Waals surface area contributed by atoms with Crippen molar-refractivity contribution < 1.29 is 18.0 Å². The molecule has 2 rings (SSSR count). The van der Waals surface area contributed by atoms with Gasteiger partial charge in [0.05, 0.1) is 6.04 Å². The molecule has 0 aliphatic heterocycles. The number of carbonyl (C=O) groups excluding carboxylic acids is 1. The fraction of sp³-hybridized carbons (Fsp3) is 0.929. The monoisotopic (exact) mass is 292 g/mol. The van der Waals surface area contributed by atoms with E-state index in [9.17, 15) is 18.0 Å². The molecule has 2 bridgehead atoms. The van der Waals surface area contributed by atoms with E-state index in [1.165, 1.54) is 25.7 Å². The number of halogens is 3. The van der Waals surface area contributed by atoms with E-state index in [0.717, 1.165) is 11.8 Å². The summed E-state index contributed by atoms with van der Waals surface area (Å²) in [5.74, 6) is 1.53. The van der Waals surface area contributed by atoms with Crippen LogP contribution in [0.25, 0.3) is 0 Å². The van der Waals surface area contributed by atoms with E-state index in [1.54, 1.807) is 6.92 Å². The van der Waals surface area contributed by atoms with E-state index in [0.29, 0.717) is 5.92 Å². The van der Waals surface area contributed by atoms with Crippen LogP contribution in [0.15, 0.2) is 0 Å². The molecule has 3 nitrogen and oxygen atoms in total. The van der Waals surface area contributed by atoms with Crippen LogP contribution >= 0.6 is 0 Å². The SMILES string of the molecule is CC(NC(C)C1CC2CCC1C2)C(=O)NCC(F)(F)F. The number of nitrogens with one attached hydrogen (secondary N) is 2. The van der Waals surface area contributed by atoms with Gasteiger partial charge >= 0.3 is 6.18 Å². The molecule has 6 heteroatoms. The van der Waals surface area contributed by atoms with Crippen LogP contribution in [0, 0.1) is 17.8 Å². The lowest BCUT2D eigenvalue weighted by atomic mass is 9.84. The maximum atomic E-state index is 12.1. The summed E-state index contributed by atoms with van der Waals surface area (Å²) in [7, 11) is 0. The van der Waals surface area contributed by atoms with Crippen molar-refractivity contribution in [3.63, 3.8) is 0 Å². The van der Waals surface area contributed by atoms with Gasteiger partial charge in [0.25, 0.3) is 0 Å². The standard InChI is InChI=1S/C14H23F3N2O/c1-8(12-6-10-3-4-11(12)5-10)19-9(2)13(20)18-7-14(15,16)17/h8-12,19H,3-7H2,1-2H3,(H,18,20). The number of fused-ring (bicyclic) bond motifs is 2. The Hall–Kier alpha value is -0.780. The minimum absolute atomic E-state index is 0.178. The third-order valence-corrected chi connectivity index (χ3v) is 4.80. The molecule has 0 radical (unpaired) electrons. The fourth-order valence-corrected chi connectivity index (χ4v) is 3.84. The van der Waals surface area contributed by atoms with Crippen molar-refractivity contribution in [3.05, 3.63) is 0 Å². The van der Waals surface area contributed by atoms with E-state index in [1.807, 2.05) is 12.2 Å². The first kappa shape index (κ1) is 15.6. The smallest absolute Gasteiger partial charge is 0.346 e. The molecular formula is C14H23F3N2O. The molecule has 0 aromatic carbocycles. The molecule has 2 aliphatic rings. The lowest BCUT2D eigenvalue weighted by Gasteiger charge is -2.30. The molecular weight excluding hydrogens is 269 g/mol. The highest BCUT2D eigenvalue weighted by atomic mass is 19.4. The Bertz CT molecular complexity index is 359. The van der Waals surface area contributed by atoms with Gasteiger partial charge in [0.1, 0.15) is 6.54 Å². The Balaban J connectivity index is 1.76. The van der Waals surface area contributed by atoms with Gasteiger partial charge in [-0.15, -0.1) is 0 Å². The Morgan fingerprint density at radius 3 is 2.45 bits per heavy atom. The maximum absolute atomic E-state index is 12.1. The Morgan fingerprint density at radius 1 is 1.25 bits per heavy atom. The van der Waals surface area contributed by atoms with Crippen molar-refractivity contribution in [1.82, 2.24) is 10.6 Å². The maximum Gasteiger partial charge on any atom is 0.405 e. The molecule has 2 fully saturated rings. The lowest BCUT2D eigenvalue weighted by Crippen LogP contribution is -2.50. The number of hydrogen-bond donors (Lipinski definition) is 2. The van der Waals surface area contributed by atoms with Gasteiger partial charge in [-0.1, -0.05) is 6.42 Å². The molecule has 2 saturated carbocycles. The second kappa shape index (κ2) is 5.92. The first-order valence-electron chi connectivity index (χ1n) is 7.37. The Kier molecular flexibility index (Phi) is 4.62. The van der Waals surface area contributed by atoms with Gasteiger partial charge in [-0.2, -0.15) is 13.2 Å². The van der Waals surface area contributed by atoms with Crippen LogP contribution in [0.3, 0.4) is 0 Å². The molecule has 116 valence electrons. The van der Waals surface area contributed by atoms with E-state index < -0.39 is 24.7 Å². The molecule has 5 unspecified atom stereocenters. The molecule has 0 spiro atoms. The van der Waals surface area contributed by atoms with Crippen LogP contribution in [-0.2, 0) is 4.79 Å². The number of amides is 1. The molecule has 2 N–H and O–H groups in total. The van der Waals surface area contributed by atoms with Crippen LogP contribution in [0.2, 0.25) is 0 Å². The zero-order chi connectivity index (χ0) is 14.9. The van der Waals surface area contributed by atoms with Crippen molar-refractivity contribution in [3.8, 4) is 0 Å². The van der Waals surface area contributed by atoms with Crippen molar-refractivity contribution in [2.45, 2.75) is 57.8 Å². The van der Waals surface area contributed by atoms with E-state index >= 15 is 0 Å². The van der Waals surface area contributed by atoms with Crippen molar-refractivity contribution >= 4 is 5.91 Å². The summed E-state index contributed by atoms with van der Waals surface area (Å²) in [6.07, 6.45) is 0.693. The minimum atomic E-state index is -4.36. The van der Waals surface area contributed by atoms with E-state index in [2.05, 4.69) is 5.32 Å². The first-order chi connectivity index (χ1) is 9.26. The second-order valence-electron chi connectivity index (χ2n) is 6.35. The zero-order valence-electron chi connectivity index (χ0n) is 12.0. The summed E-state index contributed by atoms with van der Waals surface area (Å²) in [6.45, 7) is 2.40. The van der Waals surface area contributed by atoms with Gasteiger partial charge in [-0.05, 0) is 50.9 Å². The summed E-state index contributed by atoms with van der Waals surface area (Å²) >= 11 is 0. The summed E-state index contributed by atoms with van der Waals surface area (Å²) in [5, 5.41) is 5.09. The molecule has 2 aliphatic carbocycles. The molecule has 5 atom stereocenters. The quantitative estimate of drug-likeness (QED) is 0.817. The summed E-state index contributed by atoms with van der Waals surface area (Å²) < 4.78 is 36.2. The van der Waals surface area contributed by atoms with Gasteiger partial charge in [-0.25, -0.2) is 0 Å². The van der Waals surface area contributed by atoms with Crippen molar-refractivity contribution in [2.75, 3.05) is 6.54 Å². The lowest BCUT2D eigenvalue weighted by molar-refractivity contribution is -0.139. The van der Waals surface area contributed by atoms with Gasteiger partial charge in [0, 0.05) is 6.04 Å². The Labute approximate surface area is 117 Å². The number of alkyl halides is 3. The van der Waals surface area contributed by atoms with Crippen LogP contribution in [0.4, 0.5) is 13.2 Å². The highest BCUT2D eigenvalue weighted by molar-refractivity contribution is 5.81. The topological polar surface area (TPSA) is 41.1 Å². The van der Waals surface area contributed by atoms with Gasteiger partial charge in [0.15, 0.2) is 0 Å². The average molecular weight is 292 g/mol. The van der Waals surface area contributed by atoms with Crippen molar-refractivity contribution in [1.29, 1.82) is 0 Å². The molecule has 0 aromatic rings. The van der Waals surface area contributed by atoms with Crippen LogP contribution < -0.4 is 10.6 Å². The van der Waals surface area contributed by atoms with Crippen LogP contribution in [0.1, 0.15) is 39.5 Å². The van der Waals surface area contributed by atoms with Crippen LogP contribution in [-0.4, -0.2) is 30.7 Å². The summed E-state index contributed by atoms with van der Waals surface area (Å²) in [4.78, 5) is 11.6. The minimum Gasteiger partial charge on any atom is -0.346 e. The first-order valence-corrected chi connectivity index (χ1v) is 7.37. The predicted octanol–water partition coefficient (Wildman–Crippen LogP) is 2.47. The predicted molar refractivity (Wildman–Crippen MR) is 70.1 cm³/mol. The molecule has 20 heavy (non-hydrogen) atoms. The number of carbonyl (C=O) groups is 1. The third kappa shape index (κ3) is 3.87. The van der Waals surface area contributed by atoms with Gasteiger partial charge < -0.3 is 10.6 Å². The van der Waals surface area contributed by atoms with E-state index in [4.69, 9.17) is 0 Å². The molecule has 0 aromatic heterocycles. The Morgan fingerprint density at radius 2 is 1.95 bits per heavy atom. The van der Waals surface area contributed by atoms with Gasteiger partial charge in [0.2, 0.25) is 5.91 Å². The third-order valence-electron chi connectivity index (χ3n) is 4.80. The van der Waals surface area contributed by atoms with Crippen LogP contribution in [0.5, 0.6) is 0 Å². The number of rotatable bonds is 5. The second-order valence-corrected chi connectivity index (χ2v) is 6.35. The van der Waals surface area contributed by atoms with Gasteiger partial charge in [-0.3, -0.25) is 4.79 Å². The van der Waals surface area contributed by atoms with Crippen molar-refractivity contribution in [2.24, 2.45) is 17.8 Å². The summed E-state index contributed by atoms with van der Waals surface area (Å²) in [6, 6.07) is -0.414.